The Hall–Kier alpha value is -1.12. The lowest BCUT2D eigenvalue weighted by Crippen LogP contribution is -1.87. The largest absolute Gasteiger partial charge is 0.467 e. The highest BCUT2D eigenvalue weighted by Gasteiger charge is 1.84. The van der Waals surface area contributed by atoms with Crippen molar-refractivity contribution in [3.8, 4) is 6.01 Å². The number of rotatable bonds is 1. The van der Waals surface area contributed by atoms with E-state index in [1.807, 2.05) is 0 Å². The summed E-state index contributed by atoms with van der Waals surface area (Å²) >= 11 is 0. The van der Waals surface area contributed by atoms with E-state index in [0.717, 1.165) is 0 Å². The van der Waals surface area contributed by atoms with E-state index in [0.29, 0.717) is 0 Å². The van der Waals surface area contributed by atoms with E-state index in [2.05, 4.69) is 14.7 Å². The molecule has 8 heavy (non-hydrogen) atoms. The molecular weight excluding hydrogens is 104 g/mol. The number of hydrogen-bond acceptors (Lipinski definition) is 3. The molecule has 0 fully saturated rings. The van der Waals surface area contributed by atoms with Gasteiger partial charge in [0.15, 0.2) is 0 Å². The van der Waals surface area contributed by atoms with E-state index in [1.54, 1.807) is 6.07 Å². The molecule has 0 atom stereocenters. The van der Waals surface area contributed by atoms with Crippen LogP contribution >= 0.6 is 0 Å². The topological polar surface area (TPSA) is 35.0 Å². The van der Waals surface area contributed by atoms with Crippen LogP contribution in [-0.2, 0) is 0 Å². The third-order valence-corrected chi connectivity index (χ3v) is 0.633. The van der Waals surface area contributed by atoms with E-state index in [1.165, 1.54) is 12.4 Å². The van der Waals surface area contributed by atoms with Crippen LogP contribution in [0.5, 0.6) is 6.01 Å². The minimum Gasteiger partial charge on any atom is -0.467 e. The van der Waals surface area contributed by atoms with E-state index >= 15 is 0 Å². The predicted octanol–water partition coefficient (Wildman–Crippen LogP) is 0.485. The molecule has 1 rings (SSSR count). The molecule has 0 aliphatic rings. The van der Waals surface area contributed by atoms with Gasteiger partial charge in [0.1, 0.15) is 0 Å². The van der Waals surface area contributed by atoms with Crippen LogP contribution in [-0.4, -0.2) is 17.0 Å². The van der Waals surface area contributed by atoms with Gasteiger partial charge in [-0.25, -0.2) is 9.97 Å². The molecule has 42 valence electrons. The second-order valence-electron chi connectivity index (χ2n) is 1.13. The molecule has 1 heterocycles. The van der Waals surface area contributed by atoms with Crippen molar-refractivity contribution in [2.45, 2.75) is 0 Å². The van der Waals surface area contributed by atoms with Crippen molar-refractivity contribution in [2.75, 3.05) is 7.04 Å². The Morgan fingerprint density at radius 3 is 3.00 bits per heavy atom. The molecule has 0 N–H and O–H groups in total. The summed E-state index contributed by atoms with van der Waals surface area (Å²) in [6, 6.07) is 1.44. The van der Waals surface area contributed by atoms with Gasteiger partial charge in [-0.3, -0.25) is 0 Å². The number of nitrogens with zero attached hydrogens (tertiary/aromatic N) is 2. The maximum atomic E-state index is 6.70. The first-order chi connectivity index (χ1) is 5.08. The summed E-state index contributed by atoms with van der Waals surface area (Å²) in [6.45, 7) is 0. The Morgan fingerprint density at radius 1 is 1.62 bits per heavy atom. The second kappa shape index (κ2) is 2.26. The number of hydrogen-bond donors (Lipinski definition) is 0. The SMILES string of the molecule is [2H]C([2H])([2H])Oc1ncccn1. The molecule has 0 saturated heterocycles. The molecule has 1 aromatic heterocycles. The summed E-state index contributed by atoms with van der Waals surface area (Å²) in [5, 5.41) is 0. The first-order valence-electron chi connectivity index (χ1n) is 3.54. The number of aromatic nitrogens is 2. The van der Waals surface area contributed by atoms with Gasteiger partial charge in [-0.2, -0.15) is 0 Å². The van der Waals surface area contributed by atoms with Gasteiger partial charge in [-0.15, -0.1) is 0 Å². The molecular formula is C5H6N2O. The first-order valence-corrected chi connectivity index (χ1v) is 2.04. The highest BCUT2D eigenvalue weighted by atomic mass is 16.5. The van der Waals surface area contributed by atoms with Crippen molar-refractivity contribution in [2.24, 2.45) is 0 Å². The zero-order chi connectivity index (χ0) is 8.32. The van der Waals surface area contributed by atoms with Gasteiger partial charge in [0.2, 0.25) is 0 Å². The minimum atomic E-state index is -2.47. The van der Waals surface area contributed by atoms with Crippen molar-refractivity contribution in [3.63, 3.8) is 0 Å². The maximum absolute atomic E-state index is 6.70. The van der Waals surface area contributed by atoms with Crippen LogP contribution in [0.15, 0.2) is 18.5 Å². The lowest BCUT2D eigenvalue weighted by molar-refractivity contribution is 0.379. The molecule has 0 aliphatic carbocycles. The number of ether oxygens (including phenoxy) is 1. The van der Waals surface area contributed by atoms with Crippen LogP contribution in [0.1, 0.15) is 4.11 Å². The molecule has 0 saturated carbocycles. The van der Waals surface area contributed by atoms with Crippen molar-refractivity contribution >= 4 is 0 Å². The summed E-state index contributed by atoms with van der Waals surface area (Å²) in [7, 11) is -2.47. The van der Waals surface area contributed by atoms with E-state index in [4.69, 9.17) is 4.11 Å². The van der Waals surface area contributed by atoms with Crippen LogP contribution < -0.4 is 4.74 Å². The van der Waals surface area contributed by atoms with Crippen LogP contribution in [0.25, 0.3) is 0 Å². The lowest BCUT2D eigenvalue weighted by Gasteiger charge is -1.90. The monoisotopic (exact) mass is 113 g/mol. The Balaban J connectivity index is 2.66. The van der Waals surface area contributed by atoms with Crippen LogP contribution in [0, 0.1) is 0 Å². The van der Waals surface area contributed by atoms with Crippen LogP contribution in [0.2, 0.25) is 0 Å². The van der Waals surface area contributed by atoms with Gasteiger partial charge in [0.25, 0.3) is 0 Å². The molecule has 0 radical (unpaired) electrons. The third-order valence-electron chi connectivity index (χ3n) is 0.633. The van der Waals surface area contributed by atoms with Gasteiger partial charge in [-0.05, 0) is 6.07 Å². The van der Waals surface area contributed by atoms with Gasteiger partial charge < -0.3 is 4.74 Å². The smallest absolute Gasteiger partial charge is 0.315 e. The van der Waals surface area contributed by atoms with Crippen molar-refractivity contribution < 1.29 is 8.85 Å². The second-order valence-corrected chi connectivity index (χ2v) is 1.13. The van der Waals surface area contributed by atoms with Gasteiger partial charge in [-0.1, -0.05) is 0 Å². The Bertz CT molecular complexity index is 223. The molecule has 1 aromatic rings. The maximum Gasteiger partial charge on any atom is 0.315 e. The average molecular weight is 113 g/mol. The molecule has 0 aromatic carbocycles. The summed E-state index contributed by atoms with van der Waals surface area (Å²) in [6.07, 6.45) is 2.82. The molecule has 0 bridgehead atoms. The van der Waals surface area contributed by atoms with E-state index < -0.39 is 7.04 Å². The fourth-order valence-electron chi connectivity index (χ4n) is 0.338. The fraction of sp³-hybridized carbons (Fsp3) is 0.200. The van der Waals surface area contributed by atoms with Crippen molar-refractivity contribution in [3.05, 3.63) is 18.5 Å². The van der Waals surface area contributed by atoms with E-state index in [-0.39, 0.29) is 6.01 Å². The average Bonchev–Trinajstić information content (AvgIpc) is 1.85. The van der Waals surface area contributed by atoms with E-state index in [9.17, 15) is 0 Å². The Morgan fingerprint density at radius 2 is 2.38 bits per heavy atom. The zero-order valence-electron chi connectivity index (χ0n) is 7.03. The summed E-state index contributed by atoms with van der Waals surface area (Å²) < 4.78 is 24.5. The van der Waals surface area contributed by atoms with Crippen molar-refractivity contribution in [1.82, 2.24) is 9.97 Å². The molecule has 0 spiro atoms. The summed E-state index contributed by atoms with van der Waals surface area (Å²) in [4.78, 5) is 7.14. The van der Waals surface area contributed by atoms with Crippen LogP contribution in [0.3, 0.4) is 0 Å². The van der Waals surface area contributed by atoms with Gasteiger partial charge in [0.05, 0.1) is 11.2 Å². The summed E-state index contributed by atoms with van der Waals surface area (Å²) in [5.41, 5.74) is 0. The zero-order valence-corrected chi connectivity index (χ0v) is 4.03. The van der Waals surface area contributed by atoms with Crippen molar-refractivity contribution in [1.29, 1.82) is 0 Å². The fourth-order valence-corrected chi connectivity index (χ4v) is 0.338. The van der Waals surface area contributed by atoms with Gasteiger partial charge in [0, 0.05) is 12.4 Å². The Labute approximate surface area is 51.6 Å². The van der Waals surface area contributed by atoms with Gasteiger partial charge >= 0.3 is 6.01 Å². The lowest BCUT2D eigenvalue weighted by atomic mass is 10.7. The highest BCUT2D eigenvalue weighted by molar-refractivity contribution is 4.92. The minimum absolute atomic E-state index is 0.132. The Kier molecular flexibility index (Phi) is 0.687. The highest BCUT2D eigenvalue weighted by Crippen LogP contribution is 1.92. The normalized spacial score (nSPS) is 15.8. The molecule has 0 unspecified atom stereocenters. The molecule has 3 nitrogen and oxygen atoms in total. The van der Waals surface area contributed by atoms with Crippen LogP contribution in [0.4, 0.5) is 0 Å². The first kappa shape index (κ1) is 2.44. The molecule has 0 amide bonds. The molecule has 0 aliphatic heterocycles. The number of methoxy groups -OCH3 is 1. The standard InChI is InChI=1S/C5H6N2O/c1-8-5-6-3-2-4-7-5/h2-4H,1H3/i1D3. The predicted molar refractivity (Wildman–Crippen MR) is 28.6 cm³/mol. The summed E-state index contributed by atoms with van der Waals surface area (Å²) in [5.74, 6) is 0. The quantitative estimate of drug-likeness (QED) is 0.531. The third kappa shape index (κ3) is 0.932. The molecule has 3 heteroatoms.